The van der Waals surface area contributed by atoms with E-state index in [0.717, 1.165) is 37.3 Å². The molecular weight excluding hydrogens is 266 g/mol. The van der Waals surface area contributed by atoms with Crippen LogP contribution in [0.1, 0.15) is 23.3 Å². The Hall–Kier alpha value is -2.14. The zero-order valence-electron chi connectivity index (χ0n) is 11.8. The van der Waals surface area contributed by atoms with Gasteiger partial charge in [0.1, 0.15) is 5.69 Å². The van der Waals surface area contributed by atoms with Crippen LogP contribution in [0, 0.1) is 5.92 Å². The van der Waals surface area contributed by atoms with Gasteiger partial charge in [0.15, 0.2) is 0 Å². The Kier molecular flexibility index (Phi) is 4.31. The average molecular weight is 285 g/mol. The van der Waals surface area contributed by atoms with E-state index in [0.29, 0.717) is 18.2 Å². The second kappa shape index (κ2) is 6.54. The van der Waals surface area contributed by atoms with Gasteiger partial charge in [0, 0.05) is 25.3 Å². The molecular formula is C16H19N3O2. The van der Waals surface area contributed by atoms with Crippen molar-refractivity contribution >= 4 is 5.91 Å². The van der Waals surface area contributed by atoms with E-state index < -0.39 is 0 Å². The zero-order valence-corrected chi connectivity index (χ0v) is 11.8. The molecule has 0 bridgehead atoms. The van der Waals surface area contributed by atoms with E-state index in [2.05, 4.69) is 15.5 Å². The van der Waals surface area contributed by atoms with Crippen LogP contribution in [0.5, 0.6) is 0 Å². The lowest BCUT2D eigenvalue weighted by Crippen LogP contribution is -2.32. The Bertz CT molecular complexity index is 589. The largest absolute Gasteiger partial charge is 0.381 e. The van der Waals surface area contributed by atoms with Gasteiger partial charge < -0.3 is 10.1 Å². The molecule has 2 heterocycles. The molecule has 1 aromatic heterocycles. The number of aromatic nitrogens is 2. The van der Waals surface area contributed by atoms with E-state index in [-0.39, 0.29) is 5.91 Å². The van der Waals surface area contributed by atoms with E-state index in [9.17, 15) is 4.79 Å². The lowest BCUT2D eigenvalue weighted by atomic mass is 10.0. The van der Waals surface area contributed by atoms with Crippen LogP contribution >= 0.6 is 0 Å². The lowest BCUT2D eigenvalue weighted by molar-refractivity contribution is 0.0642. The lowest BCUT2D eigenvalue weighted by Gasteiger charge is -2.21. The first-order valence-electron chi connectivity index (χ1n) is 7.30. The standard InChI is InChI=1S/C16H19N3O2/c20-16(17-11-12-6-8-21-9-7-12)15-10-14(18-19-15)13-4-2-1-3-5-13/h1-5,10,12H,6-9,11H2,(H,17,20)(H,18,19). The van der Waals surface area contributed by atoms with Gasteiger partial charge >= 0.3 is 0 Å². The third-order valence-corrected chi connectivity index (χ3v) is 3.78. The van der Waals surface area contributed by atoms with Gasteiger partial charge in [-0.3, -0.25) is 9.89 Å². The Balaban J connectivity index is 1.59. The van der Waals surface area contributed by atoms with E-state index >= 15 is 0 Å². The number of carbonyl (C=O) groups is 1. The minimum atomic E-state index is -0.101. The molecule has 0 unspecified atom stereocenters. The number of hydrogen-bond acceptors (Lipinski definition) is 3. The van der Waals surface area contributed by atoms with Crippen molar-refractivity contribution in [2.45, 2.75) is 12.8 Å². The summed E-state index contributed by atoms with van der Waals surface area (Å²) < 4.78 is 5.31. The van der Waals surface area contributed by atoms with Crippen LogP contribution in [0.15, 0.2) is 36.4 Å². The Morgan fingerprint density at radius 3 is 2.81 bits per heavy atom. The van der Waals surface area contributed by atoms with Gasteiger partial charge in [-0.15, -0.1) is 0 Å². The molecule has 5 heteroatoms. The number of ether oxygens (including phenoxy) is 1. The minimum Gasteiger partial charge on any atom is -0.381 e. The normalized spacial score (nSPS) is 15.8. The first kappa shape index (κ1) is 13.8. The first-order chi connectivity index (χ1) is 10.3. The van der Waals surface area contributed by atoms with Crippen molar-refractivity contribution in [2.24, 2.45) is 5.92 Å². The van der Waals surface area contributed by atoms with Crippen molar-refractivity contribution in [2.75, 3.05) is 19.8 Å². The van der Waals surface area contributed by atoms with Crippen molar-refractivity contribution in [1.29, 1.82) is 0 Å². The summed E-state index contributed by atoms with van der Waals surface area (Å²) in [6.07, 6.45) is 2.02. The monoisotopic (exact) mass is 285 g/mol. The number of benzene rings is 1. The summed E-state index contributed by atoms with van der Waals surface area (Å²) in [5.41, 5.74) is 2.28. The third kappa shape index (κ3) is 3.49. The number of nitrogens with one attached hydrogen (secondary N) is 2. The fraction of sp³-hybridized carbons (Fsp3) is 0.375. The number of amides is 1. The fourth-order valence-electron chi connectivity index (χ4n) is 2.48. The Labute approximate surface area is 123 Å². The number of hydrogen-bond donors (Lipinski definition) is 2. The van der Waals surface area contributed by atoms with Crippen LogP contribution in [0.2, 0.25) is 0 Å². The number of nitrogens with zero attached hydrogens (tertiary/aromatic N) is 1. The SMILES string of the molecule is O=C(NCC1CCOCC1)c1cc(-c2ccccc2)n[nH]1. The predicted molar refractivity (Wildman–Crippen MR) is 79.9 cm³/mol. The van der Waals surface area contributed by atoms with Crippen molar-refractivity contribution in [3.8, 4) is 11.3 Å². The van der Waals surface area contributed by atoms with Gasteiger partial charge in [-0.05, 0) is 24.8 Å². The van der Waals surface area contributed by atoms with Crippen LogP contribution < -0.4 is 5.32 Å². The van der Waals surface area contributed by atoms with Crippen molar-refractivity contribution in [1.82, 2.24) is 15.5 Å². The summed E-state index contributed by atoms with van der Waals surface area (Å²) in [6, 6.07) is 11.6. The van der Waals surface area contributed by atoms with Gasteiger partial charge in [0.05, 0.1) is 5.69 Å². The maximum atomic E-state index is 12.1. The molecule has 3 rings (SSSR count). The highest BCUT2D eigenvalue weighted by atomic mass is 16.5. The highest BCUT2D eigenvalue weighted by molar-refractivity contribution is 5.93. The molecule has 1 saturated heterocycles. The highest BCUT2D eigenvalue weighted by Crippen LogP contribution is 2.17. The number of rotatable bonds is 4. The fourth-order valence-corrected chi connectivity index (χ4v) is 2.48. The Morgan fingerprint density at radius 2 is 2.05 bits per heavy atom. The van der Waals surface area contributed by atoms with E-state index in [1.165, 1.54) is 0 Å². The van der Waals surface area contributed by atoms with Crippen molar-refractivity contribution in [3.05, 3.63) is 42.1 Å². The second-order valence-electron chi connectivity index (χ2n) is 5.30. The van der Waals surface area contributed by atoms with Gasteiger partial charge in [-0.25, -0.2) is 0 Å². The van der Waals surface area contributed by atoms with Crippen LogP contribution in [0.25, 0.3) is 11.3 Å². The molecule has 21 heavy (non-hydrogen) atoms. The highest BCUT2D eigenvalue weighted by Gasteiger charge is 2.16. The quantitative estimate of drug-likeness (QED) is 0.905. The summed E-state index contributed by atoms with van der Waals surface area (Å²) >= 11 is 0. The molecule has 1 fully saturated rings. The molecule has 1 aromatic carbocycles. The number of carbonyl (C=O) groups excluding carboxylic acids is 1. The van der Waals surface area contributed by atoms with Gasteiger partial charge in [0.2, 0.25) is 0 Å². The Morgan fingerprint density at radius 1 is 1.29 bits per heavy atom. The number of H-pyrrole nitrogens is 1. The third-order valence-electron chi connectivity index (χ3n) is 3.78. The van der Waals surface area contributed by atoms with Gasteiger partial charge in [0.25, 0.3) is 5.91 Å². The van der Waals surface area contributed by atoms with Crippen molar-refractivity contribution < 1.29 is 9.53 Å². The van der Waals surface area contributed by atoms with E-state index in [1.807, 2.05) is 30.3 Å². The zero-order chi connectivity index (χ0) is 14.5. The molecule has 110 valence electrons. The molecule has 2 N–H and O–H groups in total. The molecule has 1 aliphatic rings. The summed E-state index contributed by atoms with van der Waals surface area (Å²) in [7, 11) is 0. The molecule has 0 aliphatic carbocycles. The van der Waals surface area contributed by atoms with Gasteiger partial charge in [-0.1, -0.05) is 30.3 Å². The smallest absolute Gasteiger partial charge is 0.269 e. The van der Waals surface area contributed by atoms with E-state index in [1.54, 1.807) is 6.07 Å². The maximum Gasteiger partial charge on any atom is 0.269 e. The van der Waals surface area contributed by atoms with Crippen LogP contribution in [0.3, 0.4) is 0 Å². The summed E-state index contributed by atoms with van der Waals surface area (Å²) in [6.45, 7) is 2.29. The summed E-state index contributed by atoms with van der Waals surface area (Å²) in [5, 5.41) is 9.97. The second-order valence-corrected chi connectivity index (χ2v) is 5.30. The molecule has 1 aliphatic heterocycles. The molecule has 0 saturated carbocycles. The minimum absolute atomic E-state index is 0.101. The molecule has 0 radical (unpaired) electrons. The van der Waals surface area contributed by atoms with Crippen LogP contribution in [-0.4, -0.2) is 35.9 Å². The van der Waals surface area contributed by atoms with Crippen LogP contribution in [0.4, 0.5) is 0 Å². The topological polar surface area (TPSA) is 67.0 Å². The average Bonchev–Trinajstić information content (AvgIpc) is 3.04. The molecule has 2 aromatic rings. The van der Waals surface area contributed by atoms with Gasteiger partial charge in [-0.2, -0.15) is 5.10 Å². The number of aromatic amines is 1. The molecule has 1 amide bonds. The molecule has 5 nitrogen and oxygen atoms in total. The van der Waals surface area contributed by atoms with E-state index in [4.69, 9.17) is 4.74 Å². The molecule has 0 atom stereocenters. The summed E-state index contributed by atoms with van der Waals surface area (Å²) in [4.78, 5) is 12.1. The predicted octanol–water partition coefficient (Wildman–Crippen LogP) is 2.23. The van der Waals surface area contributed by atoms with Crippen molar-refractivity contribution in [3.63, 3.8) is 0 Å². The molecule has 0 spiro atoms. The summed E-state index contributed by atoms with van der Waals surface area (Å²) in [5.74, 6) is 0.412. The first-order valence-corrected chi connectivity index (χ1v) is 7.30. The van der Waals surface area contributed by atoms with Crippen LogP contribution in [-0.2, 0) is 4.74 Å². The maximum absolute atomic E-state index is 12.1.